The second-order valence-electron chi connectivity index (χ2n) is 3.97. The lowest BCUT2D eigenvalue weighted by Crippen LogP contribution is -2.47. The van der Waals surface area contributed by atoms with Crippen LogP contribution in [0, 0.1) is 0 Å². The highest BCUT2D eigenvalue weighted by molar-refractivity contribution is 6.30. The van der Waals surface area contributed by atoms with E-state index in [0.29, 0.717) is 10.8 Å². The van der Waals surface area contributed by atoms with Gasteiger partial charge in [0.15, 0.2) is 11.9 Å². The first kappa shape index (κ1) is 15.1. The minimum absolute atomic E-state index is 0.0803. The van der Waals surface area contributed by atoms with Gasteiger partial charge in [0.25, 0.3) is 5.91 Å². The van der Waals surface area contributed by atoms with Crippen LogP contribution in [0.4, 0.5) is 0 Å². The quantitative estimate of drug-likeness (QED) is 0.329. The number of amides is 1. The summed E-state index contributed by atoms with van der Waals surface area (Å²) < 4.78 is 5.43. The van der Waals surface area contributed by atoms with Crippen molar-refractivity contribution in [1.29, 1.82) is 0 Å². The number of benzene rings is 1. The Balaban J connectivity index is 2.58. The van der Waals surface area contributed by atoms with Crippen LogP contribution in [-0.4, -0.2) is 29.1 Å². The number of carbonyl (C=O) groups excluding carboxylic acids is 1. The van der Waals surface area contributed by atoms with Crippen molar-refractivity contribution in [3.8, 4) is 5.75 Å². The van der Waals surface area contributed by atoms with Crippen molar-refractivity contribution in [2.45, 2.75) is 26.0 Å². The molecule has 1 rings (SSSR count). The molecule has 0 radical (unpaired) electrons. The van der Waals surface area contributed by atoms with Crippen molar-refractivity contribution >= 4 is 23.3 Å². The molecule has 2 atom stereocenters. The van der Waals surface area contributed by atoms with Gasteiger partial charge in [-0.3, -0.25) is 4.79 Å². The molecule has 7 heteroatoms. The van der Waals surface area contributed by atoms with Gasteiger partial charge in [-0.2, -0.15) is 0 Å². The zero-order chi connectivity index (χ0) is 14.4. The van der Waals surface area contributed by atoms with Crippen LogP contribution in [0.2, 0.25) is 5.02 Å². The Kier molecular flexibility index (Phi) is 5.44. The molecular formula is C12H16ClN3O3. The average molecular weight is 286 g/mol. The van der Waals surface area contributed by atoms with Crippen LogP contribution in [0.5, 0.6) is 5.75 Å². The molecule has 0 saturated carbocycles. The maximum absolute atomic E-state index is 11.8. The van der Waals surface area contributed by atoms with Gasteiger partial charge in [0.1, 0.15) is 5.75 Å². The number of nitrogens with two attached hydrogens (primary N) is 1. The third-order valence-electron chi connectivity index (χ3n) is 2.40. The monoisotopic (exact) mass is 285 g/mol. The summed E-state index contributed by atoms with van der Waals surface area (Å²) in [5.74, 6) is 0.0361. The fourth-order valence-corrected chi connectivity index (χ4v) is 1.47. The first-order valence-electron chi connectivity index (χ1n) is 5.64. The summed E-state index contributed by atoms with van der Waals surface area (Å²) in [5.41, 5.74) is 5.36. The zero-order valence-electron chi connectivity index (χ0n) is 10.6. The van der Waals surface area contributed by atoms with Gasteiger partial charge in [0.2, 0.25) is 0 Å². The van der Waals surface area contributed by atoms with Crippen molar-refractivity contribution in [3.63, 3.8) is 0 Å². The number of amidine groups is 1. The Morgan fingerprint density at radius 2 is 2.21 bits per heavy atom. The van der Waals surface area contributed by atoms with Crippen molar-refractivity contribution in [2.24, 2.45) is 10.9 Å². The standard InChI is InChI=1S/C12H16ClN3O3/c1-7(11(14)16-18)15-12(17)8(2)19-10-5-3-4-9(13)6-10/h3-8,18H,1-2H3,(H2,14,16)(H,15,17). The summed E-state index contributed by atoms with van der Waals surface area (Å²) in [5, 5.41) is 14.4. The topological polar surface area (TPSA) is 96.9 Å². The molecule has 0 spiro atoms. The molecule has 104 valence electrons. The van der Waals surface area contributed by atoms with Crippen LogP contribution in [0.3, 0.4) is 0 Å². The van der Waals surface area contributed by atoms with Gasteiger partial charge < -0.3 is 21.0 Å². The fourth-order valence-electron chi connectivity index (χ4n) is 1.29. The summed E-state index contributed by atoms with van der Waals surface area (Å²) in [6.45, 7) is 3.19. The van der Waals surface area contributed by atoms with E-state index in [1.54, 1.807) is 38.1 Å². The molecule has 0 bridgehead atoms. The minimum atomic E-state index is -0.729. The Hall–Kier alpha value is -1.95. The lowest BCUT2D eigenvalue weighted by atomic mass is 10.2. The molecular weight excluding hydrogens is 270 g/mol. The highest BCUT2D eigenvalue weighted by Gasteiger charge is 2.18. The summed E-state index contributed by atoms with van der Waals surface area (Å²) in [6, 6.07) is 6.16. The summed E-state index contributed by atoms with van der Waals surface area (Å²) in [4.78, 5) is 11.8. The lowest BCUT2D eigenvalue weighted by molar-refractivity contribution is -0.127. The van der Waals surface area contributed by atoms with Gasteiger partial charge >= 0.3 is 0 Å². The maximum atomic E-state index is 11.8. The molecule has 6 nitrogen and oxygen atoms in total. The van der Waals surface area contributed by atoms with E-state index in [-0.39, 0.29) is 11.7 Å². The van der Waals surface area contributed by atoms with Crippen molar-refractivity contribution in [3.05, 3.63) is 29.3 Å². The highest BCUT2D eigenvalue weighted by Crippen LogP contribution is 2.18. The van der Waals surface area contributed by atoms with Crippen LogP contribution in [0.15, 0.2) is 29.4 Å². The number of hydrogen-bond acceptors (Lipinski definition) is 4. The molecule has 1 amide bonds. The molecule has 0 aliphatic carbocycles. The van der Waals surface area contributed by atoms with E-state index in [2.05, 4.69) is 10.5 Å². The zero-order valence-corrected chi connectivity index (χ0v) is 11.4. The summed E-state index contributed by atoms with van der Waals surface area (Å²) in [6.07, 6.45) is -0.729. The summed E-state index contributed by atoms with van der Waals surface area (Å²) in [7, 11) is 0. The van der Waals surface area contributed by atoms with Gasteiger partial charge in [0.05, 0.1) is 6.04 Å². The number of carbonyl (C=O) groups is 1. The van der Waals surface area contributed by atoms with Gasteiger partial charge in [0, 0.05) is 5.02 Å². The number of nitrogens with zero attached hydrogens (tertiary/aromatic N) is 1. The molecule has 2 unspecified atom stereocenters. The normalized spacial score (nSPS) is 14.6. The molecule has 1 aromatic rings. The molecule has 0 aliphatic heterocycles. The van der Waals surface area contributed by atoms with Crippen molar-refractivity contribution < 1.29 is 14.7 Å². The van der Waals surface area contributed by atoms with E-state index >= 15 is 0 Å². The first-order valence-corrected chi connectivity index (χ1v) is 6.02. The summed E-state index contributed by atoms with van der Waals surface area (Å²) >= 11 is 5.81. The Morgan fingerprint density at radius 3 is 2.79 bits per heavy atom. The molecule has 19 heavy (non-hydrogen) atoms. The number of ether oxygens (including phenoxy) is 1. The predicted molar refractivity (Wildman–Crippen MR) is 72.6 cm³/mol. The van der Waals surface area contributed by atoms with Gasteiger partial charge in [-0.05, 0) is 32.0 Å². The Bertz CT molecular complexity index is 479. The van der Waals surface area contributed by atoms with Gasteiger partial charge in [-0.1, -0.05) is 22.8 Å². The van der Waals surface area contributed by atoms with E-state index in [4.69, 9.17) is 27.3 Å². The highest BCUT2D eigenvalue weighted by atomic mass is 35.5. The largest absolute Gasteiger partial charge is 0.481 e. The second kappa shape index (κ2) is 6.84. The van der Waals surface area contributed by atoms with Gasteiger partial charge in [-0.25, -0.2) is 0 Å². The van der Waals surface area contributed by atoms with Crippen LogP contribution >= 0.6 is 11.6 Å². The lowest BCUT2D eigenvalue weighted by Gasteiger charge is -2.17. The minimum Gasteiger partial charge on any atom is -0.481 e. The average Bonchev–Trinajstić information content (AvgIpc) is 2.37. The smallest absolute Gasteiger partial charge is 0.261 e. The Morgan fingerprint density at radius 1 is 1.53 bits per heavy atom. The van der Waals surface area contributed by atoms with Crippen molar-refractivity contribution in [2.75, 3.05) is 0 Å². The van der Waals surface area contributed by atoms with Crippen LogP contribution < -0.4 is 15.8 Å². The number of hydrogen-bond donors (Lipinski definition) is 3. The molecule has 0 fully saturated rings. The molecule has 0 saturated heterocycles. The molecule has 0 heterocycles. The predicted octanol–water partition coefficient (Wildman–Crippen LogP) is 1.36. The number of nitrogens with one attached hydrogen (secondary N) is 1. The number of rotatable bonds is 5. The molecule has 1 aromatic carbocycles. The van der Waals surface area contributed by atoms with Gasteiger partial charge in [-0.15, -0.1) is 0 Å². The first-order chi connectivity index (χ1) is 8.93. The number of halogens is 1. The van der Waals surface area contributed by atoms with E-state index in [9.17, 15) is 4.79 Å². The van der Waals surface area contributed by atoms with E-state index in [1.807, 2.05) is 0 Å². The maximum Gasteiger partial charge on any atom is 0.261 e. The van der Waals surface area contributed by atoms with E-state index in [0.717, 1.165) is 0 Å². The van der Waals surface area contributed by atoms with E-state index in [1.165, 1.54) is 0 Å². The van der Waals surface area contributed by atoms with E-state index < -0.39 is 12.1 Å². The molecule has 4 N–H and O–H groups in total. The van der Waals surface area contributed by atoms with Crippen LogP contribution in [0.1, 0.15) is 13.8 Å². The van der Waals surface area contributed by atoms with Crippen LogP contribution in [-0.2, 0) is 4.79 Å². The third kappa shape index (κ3) is 4.67. The molecule has 0 aromatic heterocycles. The SMILES string of the molecule is CC(NC(=O)C(C)Oc1cccc(Cl)c1)C(N)=NO. The van der Waals surface area contributed by atoms with Crippen LogP contribution in [0.25, 0.3) is 0 Å². The van der Waals surface area contributed by atoms with Crippen molar-refractivity contribution in [1.82, 2.24) is 5.32 Å². The fraction of sp³-hybridized carbons (Fsp3) is 0.333. The third-order valence-corrected chi connectivity index (χ3v) is 2.63. The Labute approximate surface area is 116 Å². The molecule has 0 aliphatic rings. The second-order valence-corrected chi connectivity index (χ2v) is 4.41. The number of oxime groups is 1.